The molecule has 0 bridgehead atoms. The van der Waals surface area contributed by atoms with E-state index in [0.29, 0.717) is 38.0 Å². The molecule has 0 amide bonds. The third-order valence-electron chi connectivity index (χ3n) is 5.61. The SMILES string of the molecule is C[C@H]1COCCN1c1nc(N2CCOC[C@@H]2C)c2ccc(-c3ccoc3)nc2n1. The molecule has 0 spiro atoms. The summed E-state index contributed by atoms with van der Waals surface area (Å²) in [6.45, 7) is 8.61. The number of hydrogen-bond donors (Lipinski definition) is 0. The molecule has 8 heteroatoms. The van der Waals surface area contributed by atoms with Gasteiger partial charge in [0.05, 0.1) is 62.1 Å². The number of fused-ring (bicyclic) bond motifs is 1. The summed E-state index contributed by atoms with van der Waals surface area (Å²) in [6.07, 6.45) is 3.36. The molecule has 5 rings (SSSR count). The lowest BCUT2D eigenvalue weighted by Gasteiger charge is -2.37. The van der Waals surface area contributed by atoms with E-state index in [4.69, 9.17) is 28.8 Å². The highest BCUT2D eigenvalue weighted by atomic mass is 16.5. The van der Waals surface area contributed by atoms with Crippen molar-refractivity contribution in [3.63, 3.8) is 0 Å². The fourth-order valence-corrected chi connectivity index (χ4v) is 3.97. The second-order valence-electron chi connectivity index (χ2n) is 7.66. The largest absolute Gasteiger partial charge is 0.472 e. The van der Waals surface area contributed by atoms with Crippen LogP contribution in [-0.4, -0.2) is 66.6 Å². The van der Waals surface area contributed by atoms with Gasteiger partial charge in [-0.15, -0.1) is 0 Å². The summed E-state index contributed by atoms with van der Waals surface area (Å²) in [5, 5.41) is 0.954. The van der Waals surface area contributed by atoms with Crippen LogP contribution in [0.1, 0.15) is 13.8 Å². The Hall–Kier alpha value is -2.71. The van der Waals surface area contributed by atoms with Gasteiger partial charge < -0.3 is 23.7 Å². The third kappa shape index (κ3) is 3.42. The molecule has 0 N–H and O–H groups in total. The number of ether oxygens (including phenoxy) is 2. The van der Waals surface area contributed by atoms with E-state index < -0.39 is 0 Å². The van der Waals surface area contributed by atoms with Crippen molar-refractivity contribution in [3.05, 3.63) is 30.7 Å². The highest BCUT2D eigenvalue weighted by molar-refractivity contribution is 5.90. The fraction of sp³-hybridized carbons (Fsp3) is 0.476. The number of hydrogen-bond acceptors (Lipinski definition) is 8. The molecule has 0 aromatic carbocycles. The normalized spacial score (nSPS) is 23.0. The summed E-state index contributed by atoms with van der Waals surface area (Å²) in [6, 6.07) is 6.43. The van der Waals surface area contributed by atoms with Crippen LogP contribution in [0.5, 0.6) is 0 Å². The second-order valence-corrected chi connectivity index (χ2v) is 7.66. The molecule has 2 atom stereocenters. The average Bonchev–Trinajstić information content (AvgIpc) is 3.28. The van der Waals surface area contributed by atoms with Crippen molar-refractivity contribution in [2.24, 2.45) is 0 Å². The molecule has 3 aromatic rings. The summed E-state index contributed by atoms with van der Waals surface area (Å²) in [5.74, 6) is 1.63. The molecule has 5 heterocycles. The van der Waals surface area contributed by atoms with E-state index in [1.54, 1.807) is 12.5 Å². The van der Waals surface area contributed by atoms with Crippen LogP contribution >= 0.6 is 0 Å². The quantitative estimate of drug-likeness (QED) is 0.670. The number of furan rings is 1. The highest BCUT2D eigenvalue weighted by Gasteiger charge is 2.27. The topological polar surface area (TPSA) is 76.8 Å². The van der Waals surface area contributed by atoms with Crippen molar-refractivity contribution in [2.75, 3.05) is 49.3 Å². The van der Waals surface area contributed by atoms with E-state index in [0.717, 1.165) is 35.6 Å². The molecule has 2 aliphatic rings. The lowest BCUT2D eigenvalue weighted by molar-refractivity contribution is 0.0973. The Morgan fingerprint density at radius 3 is 2.34 bits per heavy atom. The third-order valence-corrected chi connectivity index (χ3v) is 5.61. The van der Waals surface area contributed by atoms with Gasteiger partial charge in [0.25, 0.3) is 0 Å². The molecule has 0 unspecified atom stereocenters. The van der Waals surface area contributed by atoms with E-state index in [1.165, 1.54) is 0 Å². The number of nitrogens with zero attached hydrogens (tertiary/aromatic N) is 5. The summed E-state index contributed by atoms with van der Waals surface area (Å²) >= 11 is 0. The van der Waals surface area contributed by atoms with Crippen LogP contribution in [0.25, 0.3) is 22.3 Å². The van der Waals surface area contributed by atoms with Crippen molar-refractivity contribution >= 4 is 22.8 Å². The molecule has 0 radical (unpaired) electrons. The first-order valence-electron chi connectivity index (χ1n) is 10.1. The van der Waals surface area contributed by atoms with Crippen LogP contribution in [0.2, 0.25) is 0 Å². The van der Waals surface area contributed by atoms with Gasteiger partial charge in [-0.3, -0.25) is 0 Å². The first kappa shape index (κ1) is 18.3. The van der Waals surface area contributed by atoms with Crippen molar-refractivity contribution in [2.45, 2.75) is 25.9 Å². The van der Waals surface area contributed by atoms with Crippen LogP contribution in [-0.2, 0) is 9.47 Å². The van der Waals surface area contributed by atoms with E-state index in [9.17, 15) is 0 Å². The molecule has 0 aliphatic carbocycles. The Morgan fingerprint density at radius 2 is 1.66 bits per heavy atom. The summed E-state index contributed by atoms with van der Waals surface area (Å²) in [7, 11) is 0. The van der Waals surface area contributed by atoms with Crippen LogP contribution in [0.3, 0.4) is 0 Å². The molecular weight excluding hydrogens is 370 g/mol. The van der Waals surface area contributed by atoms with Gasteiger partial charge in [-0.2, -0.15) is 9.97 Å². The lowest BCUT2D eigenvalue weighted by atomic mass is 10.1. The molecule has 3 aromatic heterocycles. The van der Waals surface area contributed by atoms with E-state index >= 15 is 0 Å². The van der Waals surface area contributed by atoms with Crippen LogP contribution in [0, 0.1) is 0 Å². The zero-order valence-corrected chi connectivity index (χ0v) is 16.7. The fourth-order valence-electron chi connectivity index (χ4n) is 3.97. The highest BCUT2D eigenvalue weighted by Crippen LogP contribution is 2.31. The maximum absolute atomic E-state index is 5.64. The minimum absolute atomic E-state index is 0.216. The number of morpholine rings is 2. The molecule has 8 nitrogen and oxygen atoms in total. The lowest BCUT2D eigenvalue weighted by Crippen LogP contribution is -2.46. The predicted molar refractivity (Wildman–Crippen MR) is 110 cm³/mol. The van der Waals surface area contributed by atoms with Gasteiger partial charge in [-0.05, 0) is 32.0 Å². The van der Waals surface area contributed by atoms with Crippen molar-refractivity contribution in [3.8, 4) is 11.3 Å². The molecule has 2 saturated heterocycles. The zero-order chi connectivity index (χ0) is 19.8. The van der Waals surface area contributed by atoms with E-state index in [2.05, 4.69) is 29.7 Å². The van der Waals surface area contributed by atoms with Crippen LogP contribution in [0.4, 0.5) is 11.8 Å². The van der Waals surface area contributed by atoms with E-state index in [-0.39, 0.29) is 12.1 Å². The second kappa shape index (κ2) is 7.61. The number of aromatic nitrogens is 3. The van der Waals surface area contributed by atoms with Crippen LogP contribution < -0.4 is 9.80 Å². The van der Waals surface area contributed by atoms with Gasteiger partial charge in [0.15, 0.2) is 5.65 Å². The van der Waals surface area contributed by atoms with Crippen molar-refractivity contribution < 1.29 is 13.9 Å². The zero-order valence-electron chi connectivity index (χ0n) is 16.7. The first-order chi connectivity index (χ1) is 14.2. The predicted octanol–water partition coefficient (Wildman–Crippen LogP) is 2.74. The standard InChI is InChI=1S/C21H25N5O3/c1-14-11-28-9-6-25(14)20-17-3-4-18(16-5-8-27-13-16)22-19(17)23-21(24-20)26-7-10-29-12-15(26)2/h3-5,8,13-15H,6-7,9-12H2,1-2H3/t14-,15-/m0/s1. The number of anilines is 2. The Bertz CT molecular complexity index is 993. The number of pyridine rings is 1. The molecule has 152 valence electrons. The smallest absolute Gasteiger partial charge is 0.229 e. The Labute approximate surface area is 169 Å². The minimum atomic E-state index is 0.216. The molecule has 29 heavy (non-hydrogen) atoms. The van der Waals surface area contributed by atoms with Gasteiger partial charge in [-0.1, -0.05) is 0 Å². The molecule has 2 aliphatic heterocycles. The van der Waals surface area contributed by atoms with Crippen molar-refractivity contribution in [1.29, 1.82) is 0 Å². The monoisotopic (exact) mass is 395 g/mol. The Morgan fingerprint density at radius 1 is 0.897 bits per heavy atom. The first-order valence-corrected chi connectivity index (χ1v) is 10.1. The maximum atomic E-state index is 5.64. The van der Waals surface area contributed by atoms with Crippen LogP contribution in [0.15, 0.2) is 35.1 Å². The summed E-state index contributed by atoms with van der Waals surface area (Å²) in [4.78, 5) is 19.2. The number of rotatable bonds is 3. The van der Waals surface area contributed by atoms with Gasteiger partial charge in [-0.25, -0.2) is 4.98 Å². The van der Waals surface area contributed by atoms with Gasteiger partial charge in [0, 0.05) is 18.7 Å². The Balaban J connectivity index is 1.66. The van der Waals surface area contributed by atoms with Gasteiger partial charge >= 0.3 is 0 Å². The summed E-state index contributed by atoms with van der Waals surface area (Å²) in [5.41, 5.74) is 2.47. The maximum Gasteiger partial charge on any atom is 0.229 e. The van der Waals surface area contributed by atoms with Crippen molar-refractivity contribution in [1.82, 2.24) is 15.0 Å². The van der Waals surface area contributed by atoms with E-state index in [1.807, 2.05) is 12.1 Å². The van der Waals surface area contributed by atoms with Gasteiger partial charge in [0.1, 0.15) is 5.82 Å². The average molecular weight is 395 g/mol. The molecular formula is C21H25N5O3. The van der Waals surface area contributed by atoms with Gasteiger partial charge in [0.2, 0.25) is 5.95 Å². The molecule has 2 fully saturated rings. The Kier molecular flexibility index (Phi) is 4.81. The summed E-state index contributed by atoms with van der Waals surface area (Å²) < 4.78 is 16.5. The minimum Gasteiger partial charge on any atom is -0.472 e. The molecule has 0 saturated carbocycles.